The zero-order chi connectivity index (χ0) is 16.9. The molecule has 0 spiro atoms. The summed E-state index contributed by atoms with van der Waals surface area (Å²) in [6, 6.07) is 4.07. The maximum absolute atomic E-state index is 6.29. The predicted molar refractivity (Wildman–Crippen MR) is 89.9 cm³/mol. The van der Waals surface area contributed by atoms with Crippen LogP contribution in [-0.2, 0) is 4.74 Å². The quantitative estimate of drug-likeness (QED) is 0.791. The molecule has 2 aromatic rings. The molecule has 7 nitrogen and oxygen atoms in total. The summed E-state index contributed by atoms with van der Waals surface area (Å²) in [4.78, 5) is 14.5. The third kappa shape index (κ3) is 3.68. The predicted octanol–water partition coefficient (Wildman–Crippen LogP) is 2.21. The van der Waals surface area contributed by atoms with Crippen LogP contribution in [0.3, 0.4) is 0 Å². The molecule has 0 amide bonds. The lowest BCUT2D eigenvalue weighted by Gasteiger charge is -2.26. The van der Waals surface area contributed by atoms with Crippen LogP contribution in [0.5, 0.6) is 11.8 Å². The Kier molecular flexibility index (Phi) is 5.32. The summed E-state index contributed by atoms with van der Waals surface area (Å²) in [5.41, 5.74) is 0. The first kappa shape index (κ1) is 16.7. The number of ether oxygens (including phenoxy) is 3. The molecule has 3 heterocycles. The highest BCUT2D eigenvalue weighted by molar-refractivity contribution is 6.32. The Morgan fingerprint density at radius 1 is 1.33 bits per heavy atom. The largest absolute Gasteiger partial charge is 0.490 e. The minimum atomic E-state index is 0.0762. The summed E-state index contributed by atoms with van der Waals surface area (Å²) in [5, 5.41) is 0.471. The molecular weight excluding hydrogens is 332 g/mol. The molecule has 0 N–H and O–H groups in total. The zero-order valence-corrected chi connectivity index (χ0v) is 14.3. The highest BCUT2D eigenvalue weighted by atomic mass is 35.5. The van der Waals surface area contributed by atoms with Crippen LogP contribution in [0.25, 0.3) is 0 Å². The summed E-state index contributed by atoms with van der Waals surface area (Å²) < 4.78 is 16.5. The number of pyridine rings is 1. The van der Waals surface area contributed by atoms with Crippen molar-refractivity contribution in [3.8, 4) is 11.8 Å². The van der Waals surface area contributed by atoms with E-state index in [2.05, 4.69) is 19.9 Å². The van der Waals surface area contributed by atoms with Crippen LogP contribution in [0.1, 0.15) is 6.42 Å². The number of anilines is 1. The van der Waals surface area contributed by atoms with Gasteiger partial charge in [-0.25, -0.2) is 4.98 Å². The molecule has 0 saturated carbocycles. The van der Waals surface area contributed by atoms with Gasteiger partial charge in [-0.05, 0) is 18.6 Å². The lowest BCUT2D eigenvalue weighted by atomic mass is 10.2. The molecule has 0 bridgehead atoms. The second-order valence-electron chi connectivity index (χ2n) is 5.43. The van der Waals surface area contributed by atoms with E-state index in [0.717, 1.165) is 12.2 Å². The maximum atomic E-state index is 6.29. The van der Waals surface area contributed by atoms with Gasteiger partial charge < -0.3 is 19.1 Å². The van der Waals surface area contributed by atoms with Gasteiger partial charge in [0, 0.05) is 19.9 Å². The zero-order valence-electron chi connectivity index (χ0n) is 13.6. The molecule has 8 heteroatoms. The number of rotatable bonds is 6. The van der Waals surface area contributed by atoms with E-state index in [1.807, 2.05) is 12.1 Å². The highest BCUT2D eigenvalue weighted by Crippen LogP contribution is 2.32. The fourth-order valence-electron chi connectivity index (χ4n) is 2.73. The molecule has 1 aliphatic rings. The van der Waals surface area contributed by atoms with Gasteiger partial charge in [0.05, 0.1) is 31.6 Å². The van der Waals surface area contributed by atoms with Crippen LogP contribution < -0.4 is 14.4 Å². The first-order valence-corrected chi connectivity index (χ1v) is 7.98. The van der Waals surface area contributed by atoms with Crippen molar-refractivity contribution in [2.45, 2.75) is 18.6 Å². The Morgan fingerprint density at radius 3 is 2.92 bits per heavy atom. The molecule has 1 fully saturated rings. The van der Waals surface area contributed by atoms with Crippen LogP contribution in [-0.4, -0.2) is 54.5 Å². The first-order chi connectivity index (χ1) is 11.7. The van der Waals surface area contributed by atoms with Crippen molar-refractivity contribution in [3.63, 3.8) is 0 Å². The first-order valence-electron chi connectivity index (χ1n) is 7.60. The summed E-state index contributed by atoms with van der Waals surface area (Å²) in [5.74, 6) is 1.35. The number of methoxy groups -OCH3 is 2. The normalized spacial score (nSPS) is 20.2. The molecule has 1 aliphatic heterocycles. The second kappa shape index (κ2) is 7.63. The van der Waals surface area contributed by atoms with Crippen molar-refractivity contribution in [3.05, 3.63) is 35.7 Å². The fraction of sp³-hybridized carbons (Fsp3) is 0.438. The van der Waals surface area contributed by atoms with E-state index in [0.29, 0.717) is 24.0 Å². The Hall–Kier alpha value is -2.12. The number of aromatic nitrogens is 3. The Morgan fingerprint density at radius 2 is 2.21 bits per heavy atom. The molecule has 0 aliphatic carbocycles. The van der Waals surface area contributed by atoms with Crippen LogP contribution in [0.4, 0.5) is 5.82 Å². The smallest absolute Gasteiger partial charge is 0.318 e. The third-order valence-corrected chi connectivity index (χ3v) is 4.21. The fourth-order valence-corrected chi connectivity index (χ4v) is 2.93. The van der Waals surface area contributed by atoms with E-state index in [1.54, 1.807) is 25.7 Å². The highest BCUT2D eigenvalue weighted by Gasteiger charge is 2.35. The van der Waals surface area contributed by atoms with Gasteiger partial charge in [0.1, 0.15) is 17.4 Å². The number of hydrogen-bond acceptors (Lipinski definition) is 7. The van der Waals surface area contributed by atoms with Gasteiger partial charge in [0.25, 0.3) is 0 Å². The van der Waals surface area contributed by atoms with Gasteiger partial charge in [-0.3, -0.25) is 4.98 Å². The molecule has 3 rings (SSSR count). The van der Waals surface area contributed by atoms with Crippen LogP contribution in [0, 0.1) is 0 Å². The van der Waals surface area contributed by atoms with Crippen LogP contribution >= 0.6 is 11.6 Å². The number of halogens is 1. The molecule has 0 aromatic carbocycles. The lowest BCUT2D eigenvalue weighted by Crippen LogP contribution is -2.35. The van der Waals surface area contributed by atoms with Crippen molar-refractivity contribution >= 4 is 17.4 Å². The van der Waals surface area contributed by atoms with Gasteiger partial charge in [0.15, 0.2) is 5.82 Å². The van der Waals surface area contributed by atoms with Gasteiger partial charge >= 0.3 is 6.01 Å². The van der Waals surface area contributed by atoms with E-state index in [1.165, 1.54) is 7.11 Å². The van der Waals surface area contributed by atoms with Crippen molar-refractivity contribution in [1.29, 1.82) is 0 Å². The SMILES string of the molecule is COc1ncc(Cl)c(N2C[C@H](OC)C[C@H]2COc2cccnc2)n1. The molecule has 24 heavy (non-hydrogen) atoms. The number of nitrogens with zero attached hydrogens (tertiary/aromatic N) is 4. The average molecular weight is 351 g/mol. The minimum Gasteiger partial charge on any atom is -0.490 e. The van der Waals surface area contributed by atoms with Gasteiger partial charge in [-0.2, -0.15) is 4.98 Å². The minimum absolute atomic E-state index is 0.0762. The Bertz CT molecular complexity index is 674. The monoisotopic (exact) mass is 350 g/mol. The van der Waals surface area contributed by atoms with E-state index in [-0.39, 0.29) is 18.2 Å². The molecule has 0 unspecified atom stereocenters. The summed E-state index contributed by atoms with van der Waals surface area (Å²) in [7, 11) is 3.23. The molecule has 128 valence electrons. The summed E-state index contributed by atoms with van der Waals surface area (Å²) in [6.45, 7) is 1.16. The standard InChI is InChI=1S/C16H19ClN4O3/c1-22-13-6-11(10-24-12-4-3-5-18-7-12)21(9-13)15-14(17)8-19-16(20-15)23-2/h3-5,7-8,11,13H,6,9-10H2,1-2H3/t11-,13+/m0/s1. The van der Waals surface area contributed by atoms with Crippen LogP contribution in [0.15, 0.2) is 30.7 Å². The second-order valence-corrected chi connectivity index (χ2v) is 5.83. The van der Waals surface area contributed by atoms with E-state index >= 15 is 0 Å². The van der Waals surface area contributed by atoms with E-state index in [9.17, 15) is 0 Å². The summed E-state index contributed by atoms with van der Waals surface area (Å²) >= 11 is 6.29. The van der Waals surface area contributed by atoms with Crippen molar-refractivity contribution in [1.82, 2.24) is 15.0 Å². The third-order valence-electron chi connectivity index (χ3n) is 3.94. The molecular formula is C16H19ClN4O3. The maximum Gasteiger partial charge on any atom is 0.318 e. The van der Waals surface area contributed by atoms with Gasteiger partial charge in [0.2, 0.25) is 0 Å². The molecule has 0 radical (unpaired) electrons. The topological polar surface area (TPSA) is 69.6 Å². The Balaban J connectivity index is 1.78. The van der Waals surface area contributed by atoms with Crippen molar-refractivity contribution in [2.24, 2.45) is 0 Å². The average Bonchev–Trinajstić information content (AvgIpc) is 3.04. The Labute approximate surface area is 145 Å². The molecule has 1 saturated heterocycles. The molecule has 2 aromatic heterocycles. The van der Waals surface area contributed by atoms with E-state index in [4.69, 9.17) is 25.8 Å². The lowest BCUT2D eigenvalue weighted by molar-refractivity contribution is 0.115. The van der Waals surface area contributed by atoms with Gasteiger partial charge in [-0.15, -0.1) is 0 Å². The van der Waals surface area contributed by atoms with Gasteiger partial charge in [-0.1, -0.05) is 11.6 Å². The van der Waals surface area contributed by atoms with Crippen molar-refractivity contribution < 1.29 is 14.2 Å². The number of hydrogen-bond donors (Lipinski definition) is 0. The van der Waals surface area contributed by atoms with E-state index < -0.39 is 0 Å². The van der Waals surface area contributed by atoms with Crippen LogP contribution in [0.2, 0.25) is 5.02 Å². The van der Waals surface area contributed by atoms with Crippen molar-refractivity contribution in [2.75, 3.05) is 32.3 Å². The summed E-state index contributed by atoms with van der Waals surface area (Å²) in [6.07, 6.45) is 5.85. The molecule has 2 atom stereocenters.